The number of nitrogens with zero attached hydrogens (tertiary/aromatic N) is 2. The van der Waals surface area contributed by atoms with Crippen LogP contribution < -0.4 is 0 Å². The molecule has 0 spiro atoms. The van der Waals surface area contributed by atoms with E-state index in [0.29, 0.717) is 19.8 Å². The number of hydrogen-bond acceptors (Lipinski definition) is 4. The van der Waals surface area contributed by atoms with E-state index in [1.807, 2.05) is 0 Å². The van der Waals surface area contributed by atoms with Crippen LogP contribution in [0.1, 0.15) is 30.9 Å². The molecule has 0 bridgehead atoms. The van der Waals surface area contributed by atoms with E-state index in [4.69, 9.17) is 9.47 Å². The van der Waals surface area contributed by atoms with Gasteiger partial charge < -0.3 is 14.4 Å². The number of amides is 1. The van der Waals surface area contributed by atoms with Crippen molar-refractivity contribution in [3.8, 4) is 11.1 Å². The number of ether oxygens (including phenoxy) is 2. The SMILES string of the molecule is COCCN1C(=O)OCC1Cc1ccc(-c2ccc(CCN3CCCC3C)cc2)cc1. The first-order valence-electron chi connectivity index (χ1n) is 11.5. The van der Waals surface area contributed by atoms with E-state index in [0.717, 1.165) is 25.4 Å². The molecule has 2 saturated heterocycles. The summed E-state index contributed by atoms with van der Waals surface area (Å²) in [6, 6.07) is 18.5. The molecule has 0 aromatic heterocycles. The van der Waals surface area contributed by atoms with E-state index in [-0.39, 0.29) is 12.1 Å². The summed E-state index contributed by atoms with van der Waals surface area (Å²) in [5, 5.41) is 0. The van der Waals surface area contributed by atoms with Crippen LogP contribution in [0.5, 0.6) is 0 Å². The van der Waals surface area contributed by atoms with Crippen molar-refractivity contribution < 1.29 is 14.3 Å². The van der Waals surface area contributed by atoms with Gasteiger partial charge in [-0.1, -0.05) is 48.5 Å². The van der Waals surface area contributed by atoms with E-state index >= 15 is 0 Å². The molecule has 2 fully saturated rings. The number of cyclic esters (lactones) is 1. The third-order valence-corrected chi connectivity index (χ3v) is 6.70. The maximum Gasteiger partial charge on any atom is 0.410 e. The molecule has 0 N–H and O–H groups in total. The molecule has 2 aliphatic rings. The third-order valence-electron chi connectivity index (χ3n) is 6.70. The molecule has 0 aliphatic carbocycles. The Hall–Kier alpha value is -2.37. The molecule has 5 nitrogen and oxygen atoms in total. The Kier molecular flexibility index (Phi) is 7.25. The van der Waals surface area contributed by atoms with Crippen LogP contribution in [0.2, 0.25) is 0 Å². The van der Waals surface area contributed by atoms with Crippen molar-refractivity contribution in [3.63, 3.8) is 0 Å². The average molecular weight is 423 g/mol. The molecular weight excluding hydrogens is 388 g/mol. The number of methoxy groups -OCH3 is 1. The van der Waals surface area contributed by atoms with Gasteiger partial charge in [0.25, 0.3) is 0 Å². The third kappa shape index (κ3) is 5.46. The molecule has 5 heteroatoms. The Morgan fingerprint density at radius 1 is 1.00 bits per heavy atom. The zero-order valence-corrected chi connectivity index (χ0v) is 18.8. The van der Waals surface area contributed by atoms with Crippen LogP contribution in [0.4, 0.5) is 4.79 Å². The highest BCUT2D eigenvalue weighted by atomic mass is 16.6. The molecule has 1 amide bonds. The van der Waals surface area contributed by atoms with Crippen molar-refractivity contribution in [2.75, 3.05) is 40.0 Å². The topological polar surface area (TPSA) is 42.0 Å². The summed E-state index contributed by atoms with van der Waals surface area (Å²) in [6.07, 6.45) is 4.35. The Bertz CT molecular complexity index is 850. The van der Waals surface area contributed by atoms with Crippen LogP contribution in [0.3, 0.4) is 0 Å². The standard InChI is InChI=1S/C26H34N2O3/c1-20-4-3-14-27(20)15-13-21-5-9-23(10-6-21)24-11-7-22(8-12-24)18-25-19-31-26(29)28(25)16-17-30-2/h5-12,20,25H,3-4,13-19H2,1-2H3. The highest BCUT2D eigenvalue weighted by Crippen LogP contribution is 2.23. The van der Waals surface area contributed by atoms with Gasteiger partial charge in [-0.2, -0.15) is 0 Å². The van der Waals surface area contributed by atoms with Gasteiger partial charge in [-0.25, -0.2) is 4.79 Å². The van der Waals surface area contributed by atoms with Gasteiger partial charge in [0.15, 0.2) is 0 Å². The van der Waals surface area contributed by atoms with Gasteiger partial charge in [0.1, 0.15) is 6.61 Å². The highest BCUT2D eigenvalue weighted by molar-refractivity contribution is 5.70. The Balaban J connectivity index is 1.33. The monoisotopic (exact) mass is 422 g/mol. The van der Waals surface area contributed by atoms with E-state index in [1.54, 1.807) is 12.0 Å². The number of rotatable bonds is 9. The largest absolute Gasteiger partial charge is 0.447 e. The predicted octanol–water partition coefficient (Wildman–Crippen LogP) is 4.39. The number of benzene rings is 2. The first-order chi connectivity index (χ1) is 15.1. The average Bonchev–Trinajstić information content (AvgIpc) is 3.36. The molecule has 2 unspecified atom stereocenters. The van der Waals surface area contributed by atoms with E-state index in [1.165, 1.54) is 41.6 Å². The van der Waals surface area contributed by atoms with Crippen molar-refractivity contribution in [1.82, 2.24) is 9.80 Å². The lowest BCUT2D eigenvalue weighted by Gasteiger charge is -2.21. The summed E-state index contributed by atoms with van der Waals surface area (Å²) in [7, 11) is 1.65. The molecule has 4 rings (SSSR count). The summed E-state index contributed by atoms with van der Waals surface area (Å²) >= 11 is 0. The normalized spacial score (nSPS) is 21.6. The zero-order valence-electron chi connectivity index (χ0n) is 18.8. The summed E-state index contributed by atoms with van der Waals surface area (Å²) in [5.41, 5.74) is 5.08. The Labute approximate surface area is 185 Å². The fourth-order valence-electron chi connectivity index (χ4n) is 4.69. The van der Waals surface area contributed by atoms with Crippen molar-refractivity contribution in [2.45, 2.75) is 44.7 Å². The van der Waals surface area contributed by atoms with Crippen molar-refractivity contribution in [1.29, 1.82) is 0 Å². The van der Waals surface area contributed by atoms with Gasteiger partial charge >= 0.3 is 6.09 Å². The lowest BCUT2D eigenvalue weighted by Crippen LogP contribution is -2.37. The van der Waals surface area contributed by atoms with Crippen LogP contribution in [0.25, 0.3) is 11.1 Å². The minimum absolute atomic E-state index is 0.0751. The van der Waals surface area contributed by atoms with Gasteiger partial charge in [-0.05, 0) is 61.4 Å². The fourth-order valence-corrected chi connectivity index (χ4v) is 4.69. The molecule has 2 heterocycles. The van der Waals surface area contributed by atoms with Crippen molar-refractivity contribution in [3.05, 3.63) is 59.7 Å². The fraction of sp³-hybridized carbons (Fsp3) is 0.500. The van der Waals surface area contributed by atoms with Crippen molar-refractivity contribution >= 4 is 6.09 Å². The second-order valence-electron chi connectivity index (χ2n) is 8.79. The second-order valence-corrected chi connectivity index (χ2v) is 8.79. The molecule has 2 atom stereocenters. The van der Waals surface area contributed by atoms with Crippen LogP contribution in [-0.4, -0.2) is 67.9 Å². The number of carbonyl (C=O) groups excluding carboxylic acids is 1. The highest BCUT2D eigenvalue weighted by Gasteiger charge is 2.32. The molecule has 2 aromatic carbocycles. The molecule has 0 radical (unpaired) electrons. The Morgan fingerprint density at radius 2 is 1.68 bits per heavy atom. The van der Waals surface area contributed by atoms with Crippen molar-refractivity contribution in [2.24, 2.45) is 0 Å². The van der Waals surface area contributed by atoms with Gasteiger partial charge in [-0.3, -0.25) is 4.90 Å². The summed E-state index contributed by atoms with van der Waals surface area (Å²) in [4.78, 5) is 16.3. The van der Waals surface area contributed by atoms with Crippen LogP contribution >= 0.6 is 0 Å². The second kappa shape index (κ2) is 10.3. The van der Waals surface area contributed by atoms with E-state index in [9.17, 15) is 4.79 Å². The van der Waals surface area contributed by atoms with Gasteiger partial charge in [0, 0.05) is 26.2 Å². The lowest BCUT2D eigenvalue weighted by atomic mass is 9.99. The zero-order chi connectivity index (χ0) is 21.6. The van der Waals surface area contributed by atoms with E-state index in [2.05, 4.69) is 60.4 Å². The predicted molar refractivity (Wildman–Crippen MR) is 123 cm³/mol. The quantitative estimate of drug-likeness (QED) is 0.601. The molecule has 0 saturated carbocycles. The van der Waals surface area contributed by atoms with Crippen LogP contribution in [-0.2, 0) is 22.3 Å². The Morgan fingerprint density at radius 3 is 2.29 bits per heavy atom. The summed E-state index contributed by atoms with van der Waals surface area (Å²) < 4.78 is 10.4. The van der Waals surface area contributed by atoms with Gasteiger partial charge in [0.2, 0.25) is 0 Å². The molecule has 166 valence electrons. The smallest absolute Gasteiger partial charge is 0.410 e. The van der Waals surface area contributed by atoms with E-state index < -0.39 is 0 Å². The molecule has 2 aromatic rings. The number of hydrogen-bond donors (Lipinski definition) is 0. The lowest BCUT2D eigenvalue weighted by molar-refractivity contribution is 0.134. The van der Waals surface area contributed by atoms with Gasteiger partial charge in [-0.15, -0.1) is 0 Å². The first-order valence-corrected chi connectivity index (χ1v) is 11.5. The number of likely N-dealkylation sites (tertiary alicyclic amines) is 1. The van der Waals surface area contributed by atoms with Gasteiger partial charge in [0.05, 0.1) is 12.6 Å². The minimum atomic E-state index is -0.238. The maximum atomic E-state index is 11.9. The summed E-state index contributed by atoms with van der Waals surface area (Å²) in [5.74, 6) is 0. The molecular formula is C26H34N2O3. The first kappa shape index (κ1) is 21.8. The van der Waals surface area contributed by atoms with Crippen LogP contribution in [0, 0.1) is 0 Å². The molecule has 31 heavy (non-hydrogen) atoms. The minimum Gasteiger partial charge on any atom is -0.447 e. The summed E-state index contributed by atoms with van der Waals surface area (Å²) in [6.45, 7) is 6.29. The number of carbonyl (C=O) groups is 1. The maximum absolute atomic E-state index is 11.9. The molecule has 2 aliphatic heterocycles. The van der Waals surface area contributed by atoms with Crippen LogP contribution in [0.15, 0.2) is 48.5 Å².